The third-order valence-electron chi connectivity index (χ3n) is 4.33. The lowest BCUT2D eigenvalue weighted by Crippen LogP contribution is -2.90. The summed E-state index contributed by atoms with van der Waals surface area (Å²) in [6.07, 6.45) is 0.141. The molecule has 8 heteroatoms. The number of sulfonamides is 1. The van der Waals surface area contributed by atoms with Gasteiger partial charge in [0.25, 0.3) is 5.91 Å². The number of nitrogens with zero attached hydrogens (tertiary/aromatic N) is 1. The molecule has 3 rings (SSSR count). The number of hydrogen-bond acceptors (Lipinski definition) is 4. The van der Waals surface area contributed by atoms with E-state index in [1.54, 1.807) is 23.5 Å². The predicted octanol–water partition coefficient (Wildman–Crippen LogP) is 0.0379. The number of nitrogens with two attached hydrogens (primary N) is 2. The summed E-state index contributed by atoms with van der Waals surface area (Å²) in [5.74, 6) is -0.451. The Bertz CT molecular complexity index is 955. The van der Waals surface area contributed by atoms with Gasteiger partial charge in [-0.15, -0.1) is 0 Å². The van der Waals surface area contributed by atoms with Crippen LogP contribution in [0.15, 0.2) is 53.4 Å². The highest BCUT2D eigenvalue weighted by Crippen LogP contribution is 2.22. The first-order valence-corrected chi connectivity index (χ1v) is 9.69. The topological polar surface area (TPSA) is 114 Å². The molecule has 1 heterocycles. The summed E-state index contributed by atoms with van der Waals surface area (Å²) < 4.78 is 22.5. The van der Waals surface area contributed by atoms with Crippen molar-refractivity contribution in [2.24, 2.45) is 5.14 Å². The van der Waals surface area contributed by atoms with Crippen molar-refractivity contribution in [1.29, 1.82) is 0 Å². The van der Waals surface area contributed by atoms with Crippen LogP contribution in [0.4, 0.5) is 5.69 Å². The molecule has 1 aliphatic rings. The van der Waals surface area contributed by atoms with Crippen LogP contribution in [0.25, 0.3) is 0 Å². The maximum absolute atomic E-state index is 12.6. The number of anilines is 1. The molecule has 0 aromatic heterocycles. The Morgan fingerprint density at radius 1 is 1.15 bits per heavy atom. The number of hydrogen-bond donors (Lipinski definition) is 2. The fourth-order valence-electron chi connectivity index (χ4n) is 2.97. The number of aryl methyl sites for hydroxylation is 1. The fraction of sp³-hybridized carbons (Fsp3) is 0.222. The van der Waals surface area contributed by atoms with E-state index >= 15 is 0 Å². The van der Waals surface area contributed by atoms with Crippen LogP contribution in [0.2, 0.25) is 0 Å². The SMILES string of the molecule is Cc1cccc(N2C(=O)C[C@@H]([NH2+]Cc3ccc(S(N)(=O)=O)cc3)C2=O)c1. The van der Waals surface area contributed by atoms with Gasteiger partial charge in [-0.1, -0.05) is 24.3 Å². The summed E-state index contributed by atoms with van der Waals surface area (Å²) in [6, 6.07) is 12.9. The van der Waals surface area contributed by atoms with Crippen LogP contribution in [-0.4, -0.2) is 26.3 Å². The molecule has 2 aromatic rings. The second-order valence-electron chi connectivity index (χ2n) is 6.35. The largest absolute Gasteiger partial charge is 0.332 e. The van der Waals surface area contributed by atoms with E-state index in [0.717, 1.165) is 11.1 Å². The number of carbonyl (C=O) groups excluding carboxylic acids is 2. The van der Waals surface area contributed by atoms with Gasteiger partial charge in [0.15, 0.2) is 6.04 Å². The zero-order valence-corrected chi connectivity index (χ0v) is 15.1. The minimum Gasteiger partial charge on any atom is -0.332 e. The normalized spacial score (nSPS) is 17.8. The monoisotopic (exact) mass is 374 g/mol. The van der Waals surface area contributed by atoms with Crippen molar-refractivity contribution in [3.63, 3.8) is 0 Å². The van der Waals surface area contributed by atoms with Gasteiger partial charge >= 0.3 is 0 Å². The second-order valence-corrected chi connectivity index (χ2v) is 7.91. The van der Waals surface area contributed by atoms with Crippen molar-refractivity contribution in [3.8, 4) is 0 Å². The van der Waals surface area contributed by atoms with Crippen molar-refractivity contribution >= 4 is 27.5 Å². The van der Waals surface area contributed by atoms with Gasteiger partial charge in [-0.2, -0.15) is 0 Å². The predicted molar refractivity (Wildman–Crippen MR) is 95.5 cm³/mol. The summed E-state index contributed by atoms with van der Waals surface area (Å²) >= 11 is 0. The third kappa shape index (κ3) is 3.82. The van der Waals surface area contributed by atoms with E-state index in [1.807, 2.05) is 25.1 Å². The Morgan fingerprint density at radius 2 is 1.85 bits per heavy atom. The number of benzene rings is 2. The van der Waals surface area contributed by atoms with Gasteiger partial charge in [-0.25, -0.2) is 18.5 Å². The summed E-state index contributed by atoms with van der Waals surface area (Å²) in [4.78, 5) is 26.2. The molecule has 1 fully saturated rings. The van der Waals surface area contributed by atoms with E-state index in [0.29, 0.717) is 12.2 Å². The molecule has 0 unspecified atom stereocenters. The first kappa shape index (κ1) is 18.2. The van der Waals surface area contributed by atoms with Gasteiger partial charge < -0.3 is 5.32 Å². The van der Waals surface area contributed by atoms with E-state index in [9.17, 15) is 18.0 Å². The Balaban J connectivity index is 1.68. The van der Waals surface area contributed by atoms with Crippen molar-refractivity contribution in [3.05, 3.63) is 59.7 Å². The van der Waals surface area contributed by atoms with Crippen LogP contribution in [0, 0.1) is 6.92 Å². The van der Waals surface area contributed by atoms with E-state index in [2.05, 4.69) is 0 Å². The fourth-order valence-corrected chi connectivity index (χ4v) is 3.49. The van der Waals surface area contributed by atoms with Gasteiger partial charge in [0.05, 0.1) is 17.0 Å². The first-order chi connectivity index (χ1) is 12.3. The lowest BCUT2D eigenvalue weighted by Gasteiger charge is -2.14. The Morgan fingerprint density at radius 3 is 2.46 bits per heavy atom. The Hall–Kier alpha value is -2.55. The average molecular weight is 374 g/mol. The molecule has 136 valence electrons. The smallest absolute Gasteiger partial charge is 0.292 e. The molecule has 2 aromatic carbocycles. The van der Waals surface area contributed by atoms with E-state index < -0.39 is 16.1 Å². The summed E-state index contributed by atoms with van der Waals surface area (Å²) in [5, 5.41) is 6.87. The molecule has 26 heavy (non-hydrogen) atoms. The first-order valence-electron chi connectivity index (χ1n) is 8.14. The van der Waals surface area contributed by atoms with Gasteiger partial charge in [0, 0.05) is 5.56 Å². The van der Waals surface area contributed by atoms with E-state index in [-0.39, 0.29) is 23.1 Å². The zero-order valence-electron chi connectivity index (χ0n) is 14.3. The number of quaternary nitrogens is 1. The number of primary sulfonamides is 1. The second kappa shape index (κ2) is 6.99. The zero-order chi connectivity index (χ0) is 18.9. The van der Waals surface area contributed by atoms with E-state index in [1.165, 1.54) is 17.0 Å². The maximum atomic E-state index is 12.6. The molecule has 0 saturated carbocycles. The molecule has 4 N–H and O–H groups in total. The van der Waals surface area contributed by atoms with Crippen LogP contribution in [0.3, 0.4) is 0 Å². The molecule has 1 saturated heterocycles. The molecule has 1 aliphatic heterocycles. The van der Waals surface area contributed by atoms with Crippen LogP contribution in [0.1, 0.15) is 17.5 Å². The van der Waals surface area contributed by atoms with Crippen LogP contribution in [-0.2, 0) is 26.2 Å². The lowest BCUT2D eigenvalue weighted by atomic mass is 10.2. The standard InChI is InChI=1S/C18H19N3O4S/c1-12-3-2-4-14(9-12)21-17(22)10-16(18(21)23)20-11-13-5-7-15(8-6-13)26(19,24)25/h2-9,16,20H,10-11H2,1H3,(H2,19,24,25)/p+1/t16-/m1/s1. The summed E-state index contributed by atoms with van der Waals surface area (Å²) in [5.41, 5.74) is 2.41. The van der Waals surface area contributed by atoms with Crippen molar-refractivity contribution in [2.45, 2.75) is 30.8 Å². The lowest BCUT2D eigenvalue weighted by molar-refractivity contribution is -0.690. The maximum Gasteiger partial charge on any atom is 0.292 e. The quantitative estimate of drug-likeness (QED) is 0.719. The number of imide groups is 1. The molecular weight excluding hydrogens is 354 g/mol. The molecule has 2 amide bonds. The number of amides is 2. The van der Waals surface area contributed by atoms with Crippen LogP contribution < -0.4 is 15.4 Å². The highest BCUT2D eigenvalue weighted by Gasteiger charge is 2.42. The van der Waals surface area contributed by atoms with Crippen LogP contribution >= 0.6 is 0 Å². The number of rotatable bonds is 5. The van der Waals surface area contributed by atoms with Crippen molar-refractivity contribution < 1.29 is 23.3 Å². The van der Waals surface area contributed by atoms with Crippen molar-refractivity contribution in [1.82, 2.24) is 0 Å². The van der Waals surface area contributed by atoms with Gasteiger partial charge in [-0.05, 0) is 36.8 Å². The molecule has 0 radical (unpaired) electrons. The minimum atomic E-state index is -3.72. The molecule has 7 nitrogen and oxygen atoms in total. The molecular formula is C18H20N3O4S+. The molecule has 1 atom stereocenters. The summed E-state index contributed by atoms with van der Waals surface area (Å²) in [7, 11) is -3.72. The van der Waals surface area contributed by atoms with Gasteiger partial charge in [-0.3, -0.25) is 9.59 Å². The van der Waals surface area contributed by atoms with E-state index in [4.69, 9.17) is 5.14 Å². The Kier molecular flexibility index (Phi) is 4.90. The highest BCUT2D eigenvalue weighted by atomic mass is 32.2. The van der Waals surface area contributed by atoms with Gasteiger partial charge in [0.2, 0.25) is 15.9 Å². The molecule has 0 bridgehead atoms. The highest BCUT2D eigenvalue weighted by molar-refractivity contribution is 7.89. The summed E-state index contributed by atoms with van der Waals surface area (Å²) in [6.45, 7) is 2.36. The molecule has 0 spiro atoms. The third-order valence-corrected chi connectivity index (χ3v) is 5.26. The number of carbonyl (C=O) groups is 2. The van der Waals surface area contributed by atoms with Crippen molar-refractivity contribution in [2.75, 3.05) is 4.90 Å². The minimum absolute atomic E-state index is 0.0407. The van der Waals surface area contributed by atoms with Gasteiger partial charge in [0.1, 0.15) is 6.54 Å². The average Bonchev–Trinajstić information content (AvgIpc) is 2.86. The Labute approximate surface area is 151 Å². The van der Waals surface area contributed by atoms with Crippen LogP contribution in [0.5, 0.6) is 0 Å². The molecule has 0 aliphatic carbocycles.